The molecule has 2 atom stereocenters. The zero-order chi connectivity index (χ0) is 11.9. The first-order valence-corrected chi connectivity index (χ1v) is 4.72. The van der Waals surface area contributed by atoms with E-state index in [4.69, 9.17) is 0 Å². The van der Waals surface area contributed by atoms with Crippen LogP contribution in [-0.2, 0) is 4.79 Å². The Bertz CT molecular complexity index is 420. The highest BCUT2D eigenvalue weighted by Gasteiger charge is 2.39. The molecule has 1 aliphatic carbocycles. The van der Waals surface area contributed by atoms with E-state index in [1.807, 2.05) is 0 Å². The number of rotatable bonds is 0. The molecule has 0 fully saturated rings. The van der Waals surface area contributed by atoms with Crippen LogP contribution in [0.1, 0.15) is 6.92 Å². The molecule has 0 radical (unpaired) electrons. The van der Waals surface area contributed by atoms with Crippen molar-refractivity contribution in [1.82, 2.24) is 5.32 Å². The molecule has 0 aromatic rings. The summed E-state index contributed by atoms with van der Waals surface area (Å²) in [6.45, 7) is 1.61. The summed E-state index contributed by atoms with van der Waals surface area (Å²) < 4.78 is 37.6. The molecule has 16 heavy (non-hydrogen) atoms. The maximum absolute atomic E-state index is 12.5. The molecular formula is C10H9F3N2O. The van der Waals surface area contributed by atoms with Gasteiger partial charge in [0.2, 0.25) is 0 Å². The van der Waals surface area contributed by atoms with Crippen molar-refractivity contribution < 1.29 is 18.0 Å². The van der Waals surface area contributed by atoms with E-state index in [0.29, 0.717) is 0 Å². The van der Waals surface area contributed by atoms with Gasteiger partial charge in [-0.25, -0.2) is 0 Å². The Morgan fingerprint density at radius 1 is 1.44 bits per heavy atom. The highest BCUT2D eigenvalue weighted by Crippen LogP contribution is 2.35. The summed E-state index contributed by atoms with van der Waals surface area (Å²) in [6, 6.07) is -0.500. The van der Waals surface area contributed by atoms with E-state index in [2.05, 4.69) is 10.3 Å². The molecular weight excluding hydrogens is 221 g/mol. The van der Waals surface area contributed by atoms with Gasteiger partial charge in [-0.3, -0.25) is 9.79 Å². The third kappa shape index (κ3) is 1.75. The Labute approximate surface area is 89.7 Å². The summed E-state index contributed by atoms with van der Waals surface area (Å²) in [5.74, 6) is -0.944. The van der Waals surface area contributed by atoms with Gasteiger partial charge in [-0.05, 0) is 6.08 Å². The second kappa shape index (κ2) is 3.47. The lowest BCUT2D eigenvalue weighted by molar-refractivity contribution is -0.116. The number of nitrogens with one attached hydrogen (secondary N) is 1. The number of carbonyl (C=O) groups excluding carboxylic acids is 1. The maximum Gasteiger partial charge on any atom is 0.416 e. The average Bonchev–Trinajstić information content (AvgIpc) is 2.18. The van der Waals surface area contributed by atoms with Gasteiger partial charge >= 0.3 is 6.18 Å². The molecule has 1 N–H and O–H groups in total. The lowest BCUT2D eigenvalue weighted by atomic mass is 9.85. The number of hydrogen-bond acceptors (Lipinski definition) is 2. The number of amides is 1. The molecule has 2 rings (SSSR count). The molecule has 0 aromatic carbocycles. The Morgan fingerprint density at radius 3 is 2.75 bits per heavy atom. The van der Waals surface area contributed by atoms with Crippen LogP contribution in [0.2, 0.25) is 0 Å². The van der Waals surface area contributed by atoms with Crippen molar-refractivity contribution in [3.05, 3.63) is 23.3 Å². The number of nitrogens with zero attached hydrogens (tertiary/aromatic N) is 1. The van der Waals surface area contributed by atoms with Crippen molar-refractivity contribution in [3.63, 3.8) is 0 Å². The van der Waals surface area contributed by atoms with Gasteiger partial charge in [0, 0.05) is 11.5 Å². The van der Waals surface area contributed by atoms with Crippen LogP contribution in [-0.4, -0.2) is 24.5 Å². The summed E-state index contributed by atoms with van der Waals surface area (Å²) >= 11 is 0. The van der Waals surface area contributed by atoms with Crippen LogP contribution in [0.25, 0.3) is 0 Å². The smallest absolute Gasteiger partial charge is 0.313 e. The first-order valence-electron chi connectivity index (χ1n) is 4.72. The first kappa shape index (κ1) is 10.9. The van der Waals surface area contributed by atoms with Crippen molar-refractivity contribution in [1.29, 1.82) is 0 Å². The zero-order valence-electron chi connectivity index (χ0n) is 8.38. The molecule has 0 aromatic heterocycles. The number of allylic oxidation sites excluding steroid dienone is 2. The molecule has 0 saturated heterocycles. The quantitative estimate of drug-likeness (QED) is 0.674. The third-order valence-electron chi connectivity index (χ3n) is 2.59. The van der Waals surface area contributed by atoms with E-state index in [-0.39, 0.29) is 5.57 Å². The van der Waals surface area contributed by atoms with Crippen molar-refractivity contribution >= 4 is 12.2 Å². The Morgan fingerprint density at radius 2 is 2.12 bits per heavy atom. The highest BCUT2D eigenvalue weighted by atomic mass is 19.4. The van der Waals surface area contributed by atoms with Gasteiger partial charge in [0.25, 0.3) is 5.91 Å². The number of halogens is 3. The second-order valence-electron chi connectivity index (χ2n) is 3.78. The van der Waals surface area contributed by atoms with Gasteiger partial charge in [-0.2, -0.15) is 13.2 Å². The summed E-state index contributed by atoms with van der Waals surface area (Å²) in [6.07, 6.45) is -1.22. The molecule has 0 saturated carbocycles. The minimum atomic E-state index is -4.42. The van der Waals surface area contributed by atoms with E-state index in [0.717, 1.165) is 12.2 Å². The van der Waals surface area contributed by atoms with Crippen LogP contribution in [0.5, 0.6) is 0 Å². The van der Waals surface area contributed by atoms with Crippen molar-refractivity contribution in [2.45, 2.75) is 19.1 Å². The lowest BCUT2D eigenvalue weighted by Crippen LogP contribution is -2.39. The molecule has 1 aliphatic heterocycles. The fourth-order valence-corrected chi connectivity index (χ4v) is 1.81. The van der Waals surface area contributed by atoms with Gasteiger partial charge in [-0.1, -0.05) is 13.0 Å². The van der Waals surface area contributed by atoms with E-state index >= 15 is 0 Å². The number of aliphatic imine (C=N–C) groups is 1. The highest BCUT2D eigenvalue weighted by molar-refractivity contribution is 6.03. The van der Waals surface area contributed by atoms with E-state index in [9.17, 15) is 18.0 Å². The first-order chi connectivity index (χ1) is 7.39. The molecule has 0 spiro atoms. The maximum atomic E-state index is 12.5. The Balaban J connectivity index is 2.43. The van der Waals surface area contributed by atoms with Gasteiger partial charge in [-0.15, -0.1) is 0 Å². The molecule has 1 amide bonds. The van der Waals surface area contributed by atoms with Crippen LogP contribution in [0, 0.1) is 5.92 Å². The van der Waals surface area contributed by atoms with Crippen LogP contribution in [0.15, 0.2) is 28.3 Å². The number of fused-ring (bicyclic) bond motifs is 1. The fourth-order valence-electron chi connectivity index (χ4n) is 1.81. The third-order valence-corrected chi connectivity index (χ3v) is 2.59. The molecule has 86 valence electrons. The number of hydrogen-bond donors (Lipinski definition) is 1. The van der Waals surface area contributed by atoms with Gasteiger partial charge < -0.3 is 5.32 Å². The second-order valence-corrected chi connectivity index (χ2v) is 3.78. The van der Waals surface area contributed by atoms with Crippen LogP contribution >= 0.6 is 0 Å². The molecule has 2 unspecified atom stereocenters. The zero-order valence-corrected chi connectivity index (χ0v) is 8.38. The largest absolute Gasteiger partial charge is 0.416 e. The molecule has 1 heterocycles. The molecule has 6 heteroatoms. The van der Waals surface area contributed by atoms with E-state index in [1.54, 1.807) is 6.92 Å². The minimum Gasteiger partial charge on any atom is -0.313 e. The minimum absolute atomic E-state index is 0.0739. The van der Waals surface area contributed by atoms with Gasteiger partial charge in [0.1, 0.15) is 0 Å². The lowest BCUT2D eigenvalue weighted by Gasteiger charge is -2.28. The van der Waals surface area contributed by atoms with Crippen LogP contribution in [0.4, 0.5) is 13.2 Å². The van der Waals surface area contributed by atoms with E-state index in [1.165, 1.54) is 6.34 Å². The monoisotopic (exact) mass is 230 g/mol. The van der Waals surface area contributed by atoms with E-state index < -0.39 is 29.6 Å². The summed E-state index contributed by atoms with van der Waals surface area (Å²) in [4.78, 5) is 15.3. The van der Waals surface area contributed by atoms with Crippen molar-refractivity contribution in [2.24, 2.45) is 10.9 Å². The number of carbonyl (C=O) groups is 1. The average molecular weight is 230 g/mol. The van der Waals surface area contributed by atoms with Crippen molar-refractivity contribution in [2.75, 3.05) is 0 Å². The van der Waals surface area contributed by atoms with Crippen LogP contribution < -0.4 is 5.32 Å². The summed E-state index contributed by atoms with van der Waals surface area (Å²) in [5, 5.41) is 2.28. The topological polar surface area (TPSA) is 41.5 Å². The predicted octanol–water partition coefficient (Wildman–Crippen LogP) is 1.58. The van der Waals surface area contributed by atoms with Crippen LogP contribution in [0.3, 0.4) is 0 Å². The van der Waals surface area contributed by atoms with Gasteiger partial charge in [0.15, 0.2) is 0 Å². The standard InChI is InChI=1S/C10H9F3N2O/c1-5-2-6(10(11,12)13)3-7-8(5)14-4-15-9(7)16/h2-5,8H,1H3,(H,14,15,16). The molecule has 2 aliphatic rings. The molecule has 0 bridgehead atoms. The fraction of sp³-hybridized carbons (Fsp3) is 0.400. The number of alkyl halides is 3. The Kier molecular flexibility index (Phi) is 2.36. The normalized spacial score (nSPS) is 29.1. The molecule has 3 nitrogen and oxygen atoms in total. The summed E-state index contributed by atoms with van der Waals surface area (Å²) in [5.41, 5.74) is -0.705. The summed E-state index contributed by atoms with van der Waals surface area (Å²) in [7, 11) is 0. The van der Waals surface area contributed by atoms with Gasteiger partial charge in [0.05, 0.1) is 18.0 Å². The SMILES string of the molecule is CC1C=C(C(F)(F)F)C=C2C(=O)NC=NC21. The Hall–Kier alpha value is -1.59. The predicted molar refractivity (Wildman–Crippen MR) is 51.8 cm³/mol. The van der Waals surface area contributed by atoms with Crippen molar-refractivity contribution in [3.8, 4) is 0 Å².